The number of hydrogen-bond donors (Lipinski definition) is 1. The van der Waals surface area contributed by atoms with Gasteiger partial charge in [0.2, 0.25) is 5.95 Å². The Morgan fingerprint density at radius 2 is 1.14 bits per heavy atom. The fourth-order valence-corrected chi connectivity index (χ4v) is 6.56. The number of aromatic amines is 1. The van der Waals surface area contributed by atoms with Gasteiger partial charge in [-0.25, -0.2) is 9.97 Å². The van der Waals surface area contributed by atoms with Crippen LogP contribution in [0.1, 0.15) is 0 Å². The lowest BCUT2D eigenvalue weighted by Crippen LogP contribution is -2.01. The average Bonchev–Trinajstić information content (AvgIpc) is 3.64. The topological polar surface area (TPSA) is 46.5 Å². The van der Waals surface area contributed by atoms with Crippen LogP contribution in [0.25, 0.3) is 83.1 Å². The lowest BCUT2D eigenvalue weighted by atomic mass is 9.99. The van der Waals surface area contributed by atoms with Gasteiger partial charge >= 0.3 is 0 Å². The fraction of sp³-hybridized carbons (Fsp3) is 0. The molecule has 44 heavy (non-hydrogen) atoms. The van der Waals surface area contributed by atoms with E-state index >= 15 is 0 Å². The zero-order valence-corrected chi connectivity index (χ0v) is 23.8. The number of hydrogen-bond acceptors (Lipinski definition) is 2. The van der Waals surface area contributed by atoms with Crippen molar-refractivity contribution in [1.82, 2.24) is 19.5 Å². The van der Waals surface area contributed by atoms with E-state index in [1.54, 1.807) is 0 Å². The number of rotatable bonds is 4. The Hall–Kier alpha value is -6.00. The van der Waals surface area contributed by atoms with Gasteiger partial charge in [-0.15, -0.1) is 0 Å². The van der Waals surface area contributed by atoms with Crippen LogP contribution in [0.4, 0.5) is 0 Å². The molecule has 0 bridgehead atoms. The van der Waals surface area contributed by atoms with Crippen LogP contribution in [0.15, 0.2) is 152 Å². The molecule has 0 spiro atoms. The molecule has 0 radical (unpaired) electrons. The van der Waals surface area contributed by atoms with Crippen LogP contribution in [0.2, 0.25) is 0 Å². The van der Waals surface area contributed by atoms with Crippen molar-refractivity contribution in [1.29, 1.82) is 0 Å². The molecule has 0 aliphatic rings. The highest BCUT2D eigenvalue weighted by Gasteiger charge is 2.18. The largest absolute Gasteiger partial charge is 0.354 e. The summed E-state index contributed by atoms with van der Waals surface area (Å²) in [5.74, 6) is 0.657. The van der Waals surface area contributed by atoms with Gasteiger partial charge in [0.05, 0.1) is 22.2 Å². The molecule has 6 aromatic carbocycles. The van der Waals surface area contributed by atoms with Crippen molar-refractivity contribution in [3.8, 4) is 39.5 Å². The highest BCUT2D eigenvalue weighted by Crippen LogP contribution is 2.39. The maximum absolute atomic E-state index is 5.06. The number of H-pyrrole nitrogens is 1. The van der Waals surface area contributed by atoms with Crippen molar-refractivity contribution in [3.05, 3.63) is 152 Å². The van der Waals surface area contributed by atoms with Crippen LogP contribution in [-0.2, 0) is 0 Å². The van der Waals surface area contributed by atoms with E-state index < -0.39 is 0 Å². The monoisotopic (exact) mass is 562 g/mol. The molecular weight excluding hydrogens is 536 g/mol. The van der Waals surface area contributed by atoms with Crippen molar-refractivity contribution in [3.63, 3.8) is 0 Å². The first kappa shape index (κ1) is 24.6. The minimum Gasteiger partial charge on any atom is -0.354 e. The van der Waals surface area contributed by atoms with Crippen LogP contribution >= 0.6 is 0 Å². The van der Waals surface area contributed by atoms with Crippen molar-refractivity contribution >= 4 is 43.6 Å². The second-order valence-electron chi connectivity index (χ2n) is 11.2. The molecule has 0 fully saturated rings. The van der Waals surface area contributed by atoms with E-state index in [-0.39, 0.29) is 0 Å². The van der Waals surface area contributed by atoms with Crippen LogP contribution in [-0.4, -0.2) is 19.5 Å². The average molecular weight is 563 g/mol. The third kappa shape index (κ3) is 3.85. The quantitative estimate of drug-likeness (QED) is 0.232. The molecule has 0 saturated carbocycles. The first-order chi connectivity index (χ1) is 21.8. The standard InChI is InChI=1S/C40H26N4/c1-3-10-26(11-4-1)28-18-20-37-33(24-28)34-25-29(30-15-9-16-32-31-14-7-8-17-36(31)42-39(30)32)19-21-38(34)44(37)40-41-23-22-35(43-40)27-12-5-2-6-13-27/h1-25,42H. The molecule has 4 heteroatoms. The van der Waals surface area contributed by atoms with E-state index in [0.29, 0.717) is 5.95 Å². The fourth-order valence-electron chi connectivity index (χ4n) is 6.56. The molecule has 9 aromatic rings. The highest BCUT2D eigenvalue weighted by atomic mass is 15.2. The predicted molar refractivity (Wildman–Crippen MR) is 182 cm³/mol. The van der Waals surface area contributed by atoms with E-state index in [1.165, 1.54) is 32.8 Å². The molecule has 206 valence electrons. The number of nitrogens with one attached hydrogen (secondary N) is 1. The molecule has 4 nitrogen and oxygen atoms in total. The Morgan fingerprint density at radius 3 is 1.93 bits per heavy atom. The Balaban J connectivity index is 1.31. The van der Waals surface area contributed by atoms with Crippen LogP contribution < -0.4 is 0 Å². The summed E-state index contributed by atoms with van der Waals surface area (Å²) in [6.07, 6.45) is 1.85. The number of para-hydroxylation sites is 2. The summed E-state index contributed by atoms with van der Waals surface area (Å²) in [7, 11) is 0. The van der Waals surface area contributed by atoms with Crippen molar-refractivity contribution in [2.24, 2.45) is 0 Å². The predicted octanol–water partition coefficient (Wildman–Crippen LogP) is 10.2. The lowest BCUT2D eigenvalue weighted by molar-refractivity contribution is 0.992. The van der Waals surface area contributed by atoms with Gasteiger partial charge in [0.25, 0.3) is 0 Å². The molecule has 1 N–H and O–H groups in total. The number of fused-ring (bicyclic) bond motifs is 6. The SMILES string of the molecule is c1ccc(-c2ccc3c(c2)c2cc(-c4cccc5c4[nH]c4ccccc45)ccc2n3-c2nccc(-c3ccccc3)n2)cc1. The number of nitrogens with zero attached hydrogens (tertiary/aromatic N) is 3. The summed E-state index contributed by atoms with van der Waals surface area (Å²) in [5.41, 5.74) is 11.1. The molecule has 9 rings (SSSR count). The third-order valence-corrected chi connectivity index (χ3v) is 8.64. The summed E-state index contributed by atoms with van der Waals surface area (Å²) in [4.78, 5) is 13.5. The van der Waals surface area contributed by atoms with E-state index in [0.717, 1.165) is 44.3 Å². The zero-order chi connectivity index (χ0) is 29.0. The molecule has 0 unspecified atom stereocenters. The highest BCUT2D eigenvalue weighted by molar-refractivity contribution is 6.14. The molecule has 0 aliphatic heterocycles. The molecule has 0 atom stereocenters. The molecule has 0 aliphatic carbocycles. The summed E-state index contributed by atoms with van der Waals surface area (Å²) in [6, 6.07) is 51.3. The van der Waals surface area contributed by atoms with Crippen molar-refractivity contribution in [2.75, 3.05) is 0 Å². The maximum atomic E-state index is 5.06. The van der Waals surface area contributed by atoms with Gasteiger partial charge in [-0.05, 0) is 53.1 Å². The van der Waals surface area contributed by atoms with E-state index in [2.05, 4.69) is 131 Å². The second-order valence-corrected chi connectivity index (χ2v) is 11.2. The lowest BCUT2D eigenvalue weighted by Gasteiger charge is -2.09. The molecule has 3 aromatic heterocycles. The third-order valence-electron chi connectivity index (χ3n) is 8.64. The molecule has 3 heterocycles. The van der Waals surface area contributed by atoms with Gasteiger partial charge in [0, 0.05) is 44.4 Å². The molecular formula is C40H26N4. The van der Waals surface area contributed by atoms with Gasteiger partial charge in [0.1, 0.15) is 0 Å². The Kier molecular flexibility index (Phi) is 5.47. The van der Waals surface area contributed by atoms with Gasteiger partial charge < -0.3 is 4.98 Å². The Labute approximate surface area is 253 Å². The smallest absolute Gasteiger partial charge is 0.235 e. The van der Waals surface area contributed by atoms with Crippen LogP contribution in [0, 0.1) is 0 Å². The van der Waals surface area contributed by atoms with Gasteiger partial charge in [-0.2, -0.15) is 0 Å². The van der Waals surface area contributed by atoms with E-state index in [9.17, 15) is 0 Å². The molecule has 0 saturated heterocycles. The Morgan fingerprint density at radius 1 is 0.477 bits per heavy atom. The van der Waals surface area contributed by atoms with Crippen LogP contribution in [0.5, 0.6) is 0 Å². The zero-order valence-electron chi connectivity index (χ0n) is 23.8. The molecule has 0 amide bonds. The van der Waals surface area contributed by atoms with Crippen LogP contribution in [0.3, 0.4) is 0 Å². The van der Waals surface area contributed by atoms with Crippen molar-refractivity contribution < 1.29 is 0 Å². The van der Waals surface area contributed by atoms with E-state index in [4.69, 9.17) is 9.97 Å². The summed E-state index contributed by atoms with van der Waals surface area (Å²) in [5, 5.41) is 4.81. The second kappa shape index (κ2) is 9.79. The summed E-state index contributed by atoms with van der Waals surface area (Å²) >= 11 is 0. The summed E-state index contributed by atoms with van der Waals surface area (Å²) < 4.78 is 2.19. The normalized spacial score (nSPS) is 11.6. The van der Waals surface area contributed by atoms with Gasteiger partial charge in [-0.3, -0.25) is 4.57 Å². The van der Waals surface area contributed by atoms with Gasteiger partial charge in [-0.1, -0.05) is 109 Å². The maximum Gasteiger partial charge on any atom is 0.235 e. The van der Waals surface area contributed by atoms with Gasteiger partial charge in [0.15, 0.2) is 0 Å². The first-order valence-corrected chi connectivity index (χ1v) is 14.8. The minimum atomic E-state index is 0.657. The van der Waals surface area contributed by atoms with Crippen molar-refractivity contribution in [2.45, 2.75) is 0 Å². The first-order valence-electron chi connectivity index (χ1n) is 14.8. The number of aromatic nitrogens is 4. The number of benzene rings is 6. The minimum absolute atomic E-state index is 0.657. The summed E-state index contributed by atoms with van der Waals surface area (Å²) in [6.45, 7) is 0. The van der Waals surface area contributed by atoms with E-state index in [1.807, 2.05) is 30.5 Å². The Bertz CT molecular complexity index is 2490.